The first-order valence-corrected chi connectivity index (χ1v) is 8.30. The van der Waals surface area contributed by atoms with Gasteiger partial charge in [0.15, 0.2) is 19.0 Å². The molecule has 2 aromatic rings. The van der Waals surface area contributed by atoms with E-state index in [1.165, 1.54) is 23.1 Å². The Bertz CT molecular complexity index is 854. The molecule has 2 rings (SSSR count). The minimum atomic E-state index is -0.808. The predicted molar refractivity (Wildman–Crippen MR) is 99.0 cm³/mol. The van der Waals surface area contributed by atoms with Gasteiger partial charge in [0, 0.05) is 25.2 Å². The van der Waals surface area contributed by atoms with Gasteiger partial charge in [-0.1, -0.05) is 30.3 Å². The number of carbonyl (C=O) groups excluding carboxylic acids is 2. The molecule has 0 aliphatic carbocycles. The molecule has 0 saturated carbocycles. The first-order chi connectivity index (χ1) is 13.4. The lowest BCUT2D eigenvalue weighted by molar-refractivity contribution is -0.385. The lowest BCUT2D eigenvalue weighted by Crippen LogP contribution is -2.31. The number of ether oxygens (including phenoxy) is 3. The van der Waals surface area contributed by atoms with Crippen LogP contribution in [0.4, 0.5) is 5.69 Å². The van der Waals surface area contributed by atoms with Gasteiger partial charge in [-0.25, -0.2) is 4.79 Å². The van der Waals surface area contributed by atoms with E-state index in [-0.39, 0.29) is 18.0 Å². The maximum Gasteiger partial charge on any atom is 0.344 e. The summed E-state index contributed by atoms with van der Waals surface area (Å²) in [5, 5.41) is 10.9. The minimum absolute atomic E-state index is 0.0518. The van der Waals surface area contributed by atoms with Crippen LogP contribution in [0.15, 0.2) is 48.5 Å². The van der Waals surface area contributed by atoms with Crippen LogP contribution in [0.2, 0.25) is 0 Å². The van der Waals surface area contributed by atoms with E-state index in [2.05, 4.69) is 0 Å². The fraction of sp³-hybridized carbons (Fsp3) is 0.263. The van der Waals surface area contributed by atoms with Crippen LogP contribution in [0.25, 0.3) is 0 Å². The second-order valence-corrected chi connectivity index (χ2v) is 5.74. The molecule has 0 radical (unpaired) electrons. The van der Waals surface area contributed by atoms with Gasteiger partial charge in [0.05, 0.1) is 12.0 Å². The number of para-hydroxylation sites is 3. The van der Waals surface area contributed by atoms with Crippen LogP contribution in [-0.4, -0.2) is 49.1 Å². The summed E-state index contributed by atoms with van der Waals surface area (Å²) in [5.74, 6) is -0.622. The number of likely N-dealkylation sites (N-methyl/N-ethyl adjacent to an activating group) is 1. The van der Waals surface area contributed by atoms with E-state index >= 15 is 0 Å². The highest BCUT2D eigenvalue weighted by atomic mass is 16.6. The maximum atomic E-state index is 12.1. The Balaban J connectivity index is 1.82. The minimum Gasteiger partial charge on any atom is -0.496 e. The van der Waals surface area contributed by atoms with Gasteiger partial charge in [0.25, 0.3) is 5.91 Å². The van der Waals surface area contributed by atoms with Crippen LogP contribution < -0.4 is 9.47 Å². The molecule has 2 aromatic carbocycles. The third kappa shape index (κ3) is 5.70. The number of rotatable bonds is 9. The van der Waals surface area contributed by atoms with Crippen molar-refractivity contribution in [2.24, 2.45) is 0 Å². The van der Waals surface area contributed by atoms with Gasteiger partial charge in [-0.05, 0) is 12.1 Å². The zero-order valence-corrected chi connectivity index (χ0v) is 15.5. The molecule has 0 aliphatic rings. The van der Waals surface area contributed by atoms with Crippen molar-refractivity contribution in [3.63, 3.8) is 0 Å². The molecule has 0 aromatic heterocycles. The first kappa shape index (κ1) is 20.7. The van der Waals surface area contributed by atoms with Crippen LogP contribution in [0.3, 0.4) is 0 Å². The number of esters is 1. The molecular weight excluding hydrogens is 368 g/mol. The number of nitro benzene ring substituents is 1. The van der Waals surface area contributed by atoms with Crippen molar-refractivity contribution >= 4 is 17.6 Å². The average Bonchev–Trinajstić information content (AvgIpc) is 2.70. The summed E-state index contributed by atoms with van der Waals surface area (Å²) in [4.78, 5) is 35.6. The van der Waals surface area contributed by atoms with Crippen LogP contribution in [-0.2, 0) is 20.9 Å². The summed E-state index contributed by atoms with van der Waals surface area (Å²) in [5.41, 5.74) is 0.551. The molecule has 0 unspecified atom stereocenters. The zero-order valence-electron chi connectivity index (χ0n) is 15.5. The summed E-state index contributed by atoms with van der Waals surface area (Å²) in [7, 11) is 3.12. The van der Waals surface area contributed by atoms with Crippen molar-refractivity contribution < 1.29 is 28.7 Å². The number of amides is 1. The number of carbonyl (C=O) groups is 2. The second-order valence-electron chi connectivity index (χ2n) is 5.74. The molecule has 0 bridgehead atoms. The number of hydrogen-bond donors (Lipinski definition) is 0. The summed E-state index contributed by atoms with van der Waals surface area (Å²) in [6.07, 6.45) is 0. The Morgan fingerprint density at radius 1 is 1.04 bits per heavy atom. The number of nitro groups is 1. The summed E-state index contributed by atoms with van der Waals surface area (Å²) >= 11 is 0. The van der Waals surface area contributed by atoms with Crippen LogP contribution >= 0.6 is 0 Å². The fourth-order valence-electron chi connectivity index (χ4n) is 2.34. The van der Waals surface area contributed by atoms with E-state index in [9.17, 15) is 19.7 Å². The third-order valence-electron chi connectivity index (χ3n) is 3.79. The monoisotopic (exact) mass is 388 g/mol. The second kappa shape index (κ2) is 9.91. The van der Waals surface area contributed by atoms with Crippen molar-refractivity contribution in [2.75, 3.05) is 27.4 Å². The highest BCUT2D eigenvalue weighted by Gasteiger charge is 2.17. The van der Waals surface area contributed by atoms with Crippen molar-refractivity contribution in [2.45, 2.75) is 6.54 Å². The SMILES string of the molecule is COc1ccccc1CN(C)C(=O)COC(=O)COc1ccccc1[N+](=O)[O-]. The number of benzene rings is 2. The highest BCUT2D eigenvalue weighted by Crippen LogP contribution is 2.25. The third-order valence-corrected chi connectivity index (χ3v) is 3.79. The Morgan fingerprint density at radius 2 is 1.68 bits per heavy atom. The van der Waals surface area contributed by atoms with E-state index < -0.39 is 30.0 Å². The summed E-state index contributed by atoms with van der Waals surface area (Å²) in [6.45, 7) is -0.730. The average molecular weight is 388 g/mol. The highest BCUT2D eigenvalue weighted by molar-refractivity contribution is 5.81. The lowest BCUT2D eigenvalue weighted by atomic mass is 10.2. The van der Waals surface area contributed by atoms with Gasteiger partial charge in [-0.3, -0.25) is 14.9 Å². The smallest absolute Gasteiger partial charge is 0.344 e. The van der Waals surface area contributed by atoms with E-state index in [1.807, 2.05) is 18.2 Å². The molecule has 0 spiro atoms. The van der Waals surface area contributed by atoms with E-state index in [4.69, 9.17) is 14.2 Å². The largest absolute Gasteiger partial charge is 0.496 e. The van der Waals surface area contributed by atoms with E-state index in [1.54, 1.807) is 26.3 Å². The zero-order chi connectivity index (χ0) is 20.5. The summed E-state index contributed by atoms with van der Waals surface area (Å²) in [6, 6.07) is 12.9. The van der Waals surface area contributed by atoms with Crippen molar-refractivity contribution in [3.8, 4) is 11.5 Å². The van der Waals surface area contributed by atoms with Crippen LogP contribution in [0.5, 0.6) is 11.5 Å². The quantitative estimate of drug-likeness (QED) is 0.368. The van der Waals surface area contributed by atoms with Gasteiger partial charge in [0.1, 0.15) is 5.75 Å². The Kier molecular flexibility index (Phi) is 7.32. The lowest BCUT2D eigenvalue weighted by Gasteiger charge is -2.18. The predicted octanol–water partition coefficient (Wildman–Crippen LogP) is 2.18. The molecule has 9 nitrogen and oxygen atoms in total. The molecule has 0 atom stereocenters. The van der Waals surface area contributed by atoms with Crippen molar-refractivity contribution in [1.29, 1.82) is 0 Å². The normalized spacial score (nSPS) is 10.1. The van der Waals surface area contributed by atoms with Crippen LogP contribution in [0.1, 0.15) is 5.56 Å². The van der Waals surface area contributed by atoms with Gasteiger partial charge >= 0.3 is 11.7 Å². The standard InChI is InChI=1S/C19H20N2O7/c1-20(11-14-7-3-5-9-16(14)26-2)18(22)12-28-19(23)13-27-17-10-6-4-8-15(17)21(24)25/h3-10H,11-13H2,1-2H3. The van der Waals surface area contributed by atoms with E-state index in [0.717, 1.165) is 5.56 Å². The Morgan fingerprint density at radius 3 is 2.36 bits per heavy atom. The molecule has 1 amide bonds. The Labute approximate surface area is 161 Å². The molecule has 0 saturated heterocycles. The molecule has 0 fully saturated rings. The number of hydrogen-bond acceptors (Lipinski definition) is 7. The van der Waals surface area contributed by atoms with E-state index in [0.29, 0.717) is 5.75 Å². The molecule has 9 heteroatoms. The molecular formula is C19H20N2O7. The number of nitrogens with zero attached hydrogens (tertiary/aromatic N) is 2. The first-order valence-electron chi connectivity index (χ1n) is 8.30. The molecule has 0 N–H and O–H groups in total. The van der Waals surface area contributed by atoms with Crippen molar-refractivity contribution in [1.82, 2.24) is 4.90 Å². The molecule has 0 heterocycles. The number of methoxy groups -OCH3 is 1. The van der Waals surface area contributed by atoms with Crippen molar-refractivity contribution in [3.05, 3.63) is 64.2 Å². The van der Waals surface area contributed by atoms with Crippen LogP contribution in [0, 0.1) is 10.1 Å². The topological polar surface area (TPSA) is 108 Å². The maximum absolute atomic E-state index is 12.1. The van der Waals surface area contributed by atoms with Gasteiger partial charge in [-0.2, -0.15) is 0 Å². The fourth-order valence-corrected chi connectivity index (χ4v) is 2.34. The molecule has 0 aliphatic heterocycles. The molecule has 28 heavy (non-hydrogen) atoms. The van der Waals surface area contributed by atoms with Gasteiger partial charge in [-0.15, -0.1) is 0 Å². The molecule has 148 valence electrons. The van der Waals surface area contributed by atoms with Gasteiger partial charge in [0.2, 0.25) is 0 Å². The summed E-state index contributed by atoms with van der Waals surface area (Å²) < 4.78 is 15.2. The van der Waals surface area contributed by atoms with Gasteiger partial charge < -0.3 is 19.1 Å². The Hall–Kier alpha value is -3.62.